The fourth-order valence-electron chi connectivity index (χ4n) is 1.20. The minimum atomic E-state index is -2.91. The normalized spacial score (nSPS) is 10.5. The van der Waals surface area contributed by atoms with E-state index in [-0.39, 0.29) is 15.6 Å². The molecule has 98 valence electrons. The molecule has 0 aromatic carbocycles. The Morgan fingerprint density at radius 3 is 2.72 bits per heavy atom. The predicted octanol–water partition coefficient (Wildman–Crippen LogP) is 2.25. The van der Waals surface area contributed by atoms with Gasteiger partial charge in [-0.15, -0.1) is 0 Å². The molecule has 1 rings (SSSR count). The van der Waals surface area contributed by atoms with Gasteiger partial charge in [0.25, 0.3) is 0 Å². The van der Waals surface area contributed by atoms with Crippen molar-refractivity contribution in [3.63, 3.8) is 0 Å². The Morgan fingerprint density at radius 1 is 1.67 bits per heavy atom. The highest BCUT2D eigenvalue weighted by molar-refractivity contribution is 14.1. The summed E-state index contributed by atoms with van der Waals surface area (Å²) in [6.45, 7) is 0. The summed E-state index contributed by atoms with van der Waals surface area (Å²) >= 11 is 1.58. The number of ether oxygens (including phenoxy) is 1. The molecule has 0 unspecified atom stereocenters. The minimum Gasteiger partial charge on any atom is -0.469 e. The van der Waals surface area contributed by atoms with Gasteiger partial charge in [-0.3, -0.25) is 4.79 Å². The summed E-state index contributed by atoms with van der Waals surface area (Å²) in [4.78, 5) is 24.2. The Bertz CT molecular complexity index is 496. The number of carbonyl (C=O) groups is 1. The van der Waals surface area contributed by atoms with Crippen molar-refractivity contribution in [3.8, 4) is 0 Å². The zero-order chi connectivity index (χ0) is 13.9. The number of alkyl halides is 2. The lowest BCUT2D eigenvalue weighted by atomic mass is 10.1. The molecule has 0 spiro atoms. The van der Waals surface area contributed by atoms with Gasteiger partial charge in [-0.2, -0.15) is 0 Å². The third-order valence-electron chi connectivity index (χ3n) is 2.00. The minimum absolute atomic E-state index is 0.0550. The van der Waals surface area contributed by atoms with Gasteiger partial charge in [-0.05, 0) is 38.6 Å². The summed E-state index contributed by atoms with van der Waals surface area (Å²) in [7, 11) is 1.13. The number of hydrogen-bond acceptors (Lipinski definition) is 5. The van der Waals surface area contributed by atoms with Gasteiger partial charge in [-0.1, -0.05) is 0 Å². The molecule has 1 aromatic rings. The first-order valence-electron chi connectivity index (χ1n) is 4.55. The number of methoxy groups -OCH3 is 1. The van der Waals surface area contributed by atoms with Gasteiger partial charge in [0.05, 0.1) is 22.7 Å². The van der Waals surface area contributed by atoms with Crippen molar-refractivity contribution in [2.24, 2.45) is 0 Å². The van der Waals surface area contributed by atoms with Crippen LogP contribution in [0.5, 0.6) is 0 Å². The monoisotopic (exact) mass is 372 g/mol. The molecule has 0 atom stereocenters. The molecule has 18 heavy (non-hydrogen) atoms. The Kier molecular flexibility index (Phi) is 4.87. The lowest BCUT2D eigenvalue weighted by Crippen LogP contribution is -2.10. The number of halogens is 3. The first kappa shape index (κ1) is 14.7. The second-order valence-corrected chi connectivity index (χ2v) is 4.31. The van der Waals surface area contributed by atoms with E-state index in [1.807, 2.05) is 0 Å². The van der Waals surface area contributed by atoms with Crippen LogP contribution in [0.4, 0.5) is 14.6 Å². The van der Waals surface area contributed by atoms with Gasteiger partial charge < -0.3 is 14.9 Å². The zero-order valence-electron chi connectivity index (χ0n) is 9.02. The lowest BCUT2D eigenvalue weighted by molar-refractivity contribution is -0.390. The van der Waals surface area contributed by atoms with Crippen LogP contribution in [0.1, 0.15) is 17.7 Å². The van der Waals surface area contributed by atoms with Crippen LogP contribution >= 0.6 is 22.6 Å². The summed E-state index contributed by atoms with van der Waals surface area (Å²) in [6.07, 6.45) is -3.30. The van der Waals surface area contributed by atoms with Gasteiger partial charge in [0.1, 0.15) is 0 Å². The van der Waals surface area contributed by atoms with Crippen molar-refractivity contribution in [2.45, 2.75) is 12.8 Å². The van der Waals surface area contributed by atoms with E-state index in [0.29, 0.717) is 0 Å². The van der Waals surface area contributed by atoms with Gasteiger partial charge >= 0.3 is 18.2 Å². The molecular formula is C9H7F2IN2O4. The van der Waals surface area contributed by atoms with E-state index in [9.17, 15) is 23.7 Å². The van der Waals surface area contributed by atoms with Crippen LogP contribution in [0.3, 0.4) is 0 Å². The molecule has 0 saturated heterocycles. The molecule has 1 aromatic heterocycles. The Labute approximate surface area is 114 Å². The molecular weight excluding hydrogens is 365 g/mol. The fourth-order valence-corrected chi connectivity index (χ4v) is 1.93. The Morgan fingerprint density at radius 2 is 2.28 bits per heavy atom. The van der Waals surface area contributed by atoms with E-state index in [1.54, 1.807) is 22.6 Å². The van der Waals surface area contributed by atoms with Crippen LogP contribution < -0.4 is 0 Å². The van der Waals surface area contributed by atoms with Crippen molar-refractivity contribution in [2.75, 3.05) is 7.11 Å². The molecule has 0 fully saturated rings. The molecule has 0 bridgehead atoms. The third kappa shape index (κ3) is 3.31. The number of hydrogen-bond donors (Lipinski definition) is 0. The molecule has 6 nitrogen and oxygen atoms in total. The number of nitrogens with zero attached hydrogens (tertiary/aromatic N) is 2. The molecule has 0 N–H and O–H groups in total. The number of pyridine rings is 1. The number of aromatic nitrogens is 1. The van der Waals surface area contributed by atoms with Crippen LogP contribution in [0.2, 0.25) is 0 Å². The molecule has 0 radical (unpaired) electrons. The Hall–Kier alpha value is -1.39. The van der Waals surface area contributed by atoms with Crippen LogP contribution in [0, 0.1) is 13.7 Å². The highest BCUT2D eigenvalue weighted by atomic mass is 127. The summed E-state index contributed by atoms with van der Waals surface area (Å²) in [6, 6.07) is 1.14. The van der Waals surface area contributed by atoms with Crippen LogP contribution in [-0.2, 0) is 16.0 Å². The van der Waals surface area contributed by atoms with Crippen LogP contribution in [-0.4, -0.2) is 23.0 Å². The molecule has 1 heterocycles. The quantitative estimate of drug-likeness (QED) is 0.351. The topological polar surface area (TPSA) is 82.3 Å². The molecule has 0 aliphatic carbocycles. The summed E-state index contributed by atoms with van der Waals surface area (Å²) in [5, 5.41) is 10.7. The van der Waals surface area contributed by atoms with Crippen molar-refractivity contribution >= 4 is 34.4 Å². The second-order valence-electron chi connectivity index (χ2n) is 3.15. The van der Waals surface area contributed by atoms with E-state index in [0.717, 1.165) is 13.2 Å². The largest absolute Gasteiger partial charge is 0.469 e. The van der Waals surface area contributed by atoms with Crippen molar-refractivity contribution in [1.29, 1.82) is 0 Å². The summed E-state index contributed by atoms with van der Waals surface area (Å²) in [5.74, 6) is -1.46. The van der Waals surface area contributed by atoms with Crippen molar-refractivity contribution < 1.29 is 23.2 Å². The highest BCUT2D eigenvalue weighted by Gasteiger charge is 2.27. The fraction of sp³-hybridized carbons (Fsp3) is 0.333. The molecule has 0 aliphatic heterocycles. The van der Waals surface area contributed by atoms with Crippen LogP contribution in [0.25, 0.3) is 0 Å². The summed E-state index contributed by atoms with van der Waals surface area (Å²) in [5.41, 5.74) is -0.725. The third-order valence-corrected chi connectivity index (χ3v) is 2.87. The maximum Gasteiger partial charge on any atom is 0.367 e. The number of rotatable bonds is 4. The number of esters is 1. The maximum atomic E-state index is 12.6. The predicted molar refractivity (Wildman–Crippen MR) is 64.3 cm³/mol. The smallest absolute Gasteiger partial charge is 0.367 e. The Balaban J connectivity index is 3.29. The lowest BCUT2D eigenvalue weighted by Gasteiger charge is -2.04. The van der Waals surface area contributed by atoms with E-state index < -0.39 is 28.8 Å². The number of carbonyl (C=O) groups excluding carboxylic acids is 1. The first-order chi connectivity index (χ1) is 8.36. The summed E-state index contributed by atoms with van der Waals surface area (Å²) < 4.78 is 29.5. The van der Waals surface area contributed by atoms with Crippen molar-refractivity contribution in [1.82, 2.24) is 4.98 Å². The first-order valence-corrected chi connectivity index (χ1v) is 5.63. The maximum absolute atomic E-state index is 12.6. The molecule has 9 heteroatoms. The average molecular weight is 372 g/mol. The second kappa shape index (κ2) is 5.98. The highest BCUT2D eigenvalue weighted by Crippen LogP contribution is 2.28. The van der Waals surface area contributed by atoms with Gasteiger partial charge in [0.2, 0.25) is 5.69 Å². The SMILES string of the molecule is COC(=O)Cc1cc(I)c(C(F)F)nc1[N+](=O)[O-]. The molecule has 0 saturated carbocycles. The van der Waals surface area contributed by atoms with E-state index in [2.05, 4.69) is 9.72 Å². The van der Waals surface area contributed by atoms with E-state index >= 15 is 0 Å². The molecule has 0 amide bonds. The van der Waals surface area contributed by atoms with E-state index in [1.165, 1.54) is 0 Å². The number of nitro groups is 1. The average Bonchev–Trinajstić information content (AvgIpc) is 2.27. The van der Waals surface area contributed by atoms with Crippen molar-refractivity contribution in [3.05, 3.63) is 31.0 Å². The zero-order valence-corrected chi connectivity index (χ0v) is 11.2. The van der Waals surface area contributed by atoms with Gasteiger partial charge in [0, 0.05) is 0 Å². The van der Waals surface area contributed by atoms with Crippen LogP contribution in [0.15, 0.2) is 6.07 Å². The van der Waals surface area contributed by atoms with Gasteiger partial charge in [-0.25, -0.2) is 8.78 Å². The molecule has 0 aliphatic rings. The standard InChI is InChI=1S/C9H7F2IN2O4/c1-18-6(15)3-4-2-5(12)7(8(10)11)13-9(4)14(16)17/h2,8H,3H2,1H3. The van der Waals surface area contributed by atoms with E-state index in [4.69, 9.17) is 0 Å². The van der Waals surface area contributed by atoms with Gasteiger partial charge in [0.15, 0.2) is 0 Å².